The van der Waals surface area contributed by atoms with E-state index in [1.165, 1.54) is 0 Å². The molecule has 1 aromatic carbocycles. The third-order valence-electron chi connectivity index (χ3n) is 6.35. The first-order valence-electron chi connectivity index (χ1n) is 9.98. The topological polar surface area (TPSA) is 94.2 Å². The fraction of sp³-hybridized carbons (Fsp3) is 0.667. The number of fused-ring (bicyclic) bond motifs is 1. The lowest BCUT2D eigenvalue weighted by molar-refractivity contribution is -0.128. The summed E-state index contributed by atoms with van der Waals surface area (Å²) in [7, 11) is 4.78. The van der Waals surface area contributed by atoms with Crippen molar-refractivity contribution in [1.82, 2.24) is 4.90 Å². The first-order chi connectivity index (χ1) is 13.4. The highest BCUT2D eigenvalue weighted by Gasteiger charge is 2.49. The molecule has 1 aliphatic heterocycles. The number of hydrogen-bond acceptors (Lipinski definition) is 6. The molecule has 28 heavy (non-hydrogen) atoms. The number of hydrogen-bond donors (Lipinski definition) is 2. The van der Waals surface area contributed by atoms with Crippen LogP contribution in [0.4, 0.5) is 0 Å². The van der Waals surface area contributed by atoms with Gasteiger partial charge < -0.3 is 25.1 Å². The largest absolute Gasteiger partial charge is 0.493 e. The van der Waals surface area contributed by atoms with E-state index in [2.05, 4.69) is 4.90 Å². The Morgan fingerprint density at radius 3 is 2.43 bits per heavy atom. The molecule has 1 heterocycles. The van der Waals surface area contributed by atoms with E-state index < -0.39 is 5.60 Å². The molecule has 1 amide bonds. The van der Waals surface area contributed by atoms with Gasteiger partial charge in [0.15, 0.2) is 11.5 Å². The van der Waals surface area contributed by atoms with Crippen LogP contribution >= 0.6 is 0 Å². The van der Waals surface area contributed by atoms with Gasteiger partial charge in [-0.05, 0) is 37.0 Å². The lowest BCUT2D eigenvalue weighted by Crippen LogP contribution is -2.55. The van der Waals surface area contributed by atoms with Crippen molar-refractivity contribution in [2.45, 2.75) is 50.2 Å². The molecule has 3 N–H and O–H groups in total. The molecular formula is C21H32N2O5. The Kier molecular flexibility index (Phi) is 6.35. The maximum atomic E-state index is 11.4. The molecule has 0 bridgehead atoms. The van der Waals surface area contributed by atoms with E-state index in [-0.39, 0.29) is 17.9 Å². The first-order valence-corrected chi connectivity index (χ1v) is 9.98. The predicted octanol–water partition coefficient (Wildman–Crippen LogP) is 2.26. The number of methoxy groups -OCH3 is 3. The Labute approximate surface area is 166 Å². The normalized spacial score (nSPS) is 27.7. The molecule has 3 rings (SSSR count). The van der Waals surface area contributed by atoms with Crippen molar-refractivity contribution in [3.8, 4) is 17.2 Å². The third kappa shape index (κ3) is 3.91. The van der Waals surface area contributed by atoms with Crippen molar-refractivity contribution < 1.29 is 24.1 Å². The van der Waals surface area contributed by atoms with Crippen molar-refractivity contribution in [2.75, 3.05) is 34.4 Å². The molecular weight excluding hydrogens is 360 g/mol. The quantitative estimate of drug-likeness (QED) is 0.739. The number of amides is 1. The van der Waals surface area contributed by atoms with Gasteiger partial charge in [0, 0.05) is 31.5 Å². The Balaban J connectivity index is 2.05. The van der Waals surface area contributed by atoms with Gasteiger partial charge in [0.2, 0.25) is 11.7 Å². The summed E-state index contributed by atoms with van der Waals surface area (Å²) in [5.41, 5.74) is 5.74. The van der Waals surface area contributed by atoms with Gasteiger partial charge in [-0.25, -0.2) is 0 Å². The second-order valence-electron chi connectivity index (χ2n) is 7.86. The number of likely N-dealkylation sites (tertiary alicyclic amines) is 1. The number of primary amides is 1. The standard InChI is InChI=1S/C21H32N2O5/c1-26-16-12-14(13-17(27-2)20(16)28-3)19-15-6-4-5-8-21(15,25)9-11-23(19)10-7-18(22)24/h12-13,15,19,25H,4-11H2,1-3H3,(H2,22,24). The van der Waals surface area contributed by atoms with Crippen LogP contribution in [0.15, 0.2) is 12.1 Å². The molecule has 2 aliphatic rings. The zero-order valence-electron chi connectivity index (χ0n) is 17.1. The van der Waals surface area contributed by atoms with Crippen molar-refractivity contribution in [3.05, 3.63) is 17.7 Å². The van der Waals surface area contributed by atoms with E-state index in [4.69, 9.17) is 19.9 Å². The lowest BCUT2D eigenvalue weighted by atomic mass is 9.66. The molecule has 0 radical (unpaired) electrons. The number of piperidine rings is 1. The average molecular weight is 392 g/mol. The summed E-state index contributed by atoms with van der Waals surface area (Å²) in [4.78, 5) is 13.7. The Bertz CT molecular complexity index is 685. The van der Waals surface area contributed by atoms with Crippen LogP contribution in [0.5, 0.6) is 17.2 Å². The summed E-state index contributed by atoms with van der Waals surface area (Å²) < 4.78 is 16.5. The number of ether oxygens (including phenoxy) is 3. The van der Waals surface area contributed by atoms with E-state index in [0.29, 0.717) is 30.2 Å². The lowest BCUT2D eigenvalue weighted by Gasteiger charge is -2.52. The number of nitrogens with two attached hydrogens (primary N) is 1. The average Bonchev–Trinajstić information content (AvgIpc) is 2.70. The van der Waals surface area contributed by atoms with E-state index in [1.54, 1.807) is 21.3 Å². The first kappa shape index (κ1) is 20.7. The van der Waals surface area contributed by atoms with E-state index >= 15 is 0 Å². The summed E-state index contributed by atoms with van der Waals surface area (Å²) >= 11 is 0. The number of rotatable bonds is 7. The molecule has 1 saturated heterocycles. The van der Waals surface area contributed by atoms with Gasteiger partial charge in [0.1, 0.15) is 0 Å². The minimum Gasteiger partial charge on any atom is -0.493 e. The van der Waals surface area contributed by atoms with Crippen LogP contribution in [-0.2, 0) is 4.79 Å². The predicted molar refractivity (Wildman–Crippen MR) is 106 cm³/mol. The third-order valence-corrected chi connectivity index (χ3v) is 6.35. The second kappa shape index (κ2) is 8.57. The fourth-order valence-corrected chi connectivity index (χ4v) is 4.96. The van der Waals surface area contributed by atoms with Crippen LogP contribution < -0.4 is 19.9 Å². The minimum atomic E-state index is -0.674. The molecule has 2 fully saturated rings. The summed E-state index contributed by atoms with van der Waals surface area (Å²) in [5, 5.41) is 11.4. The fourth-order valence-electron chi connectivity index (χ4n) is 4.96. The molecule has 3 unspecified atom stereocenters. The molecule has 3 atom stereocenters. The number of carbonyl (C=O) groups is 1. The Hall–Kier alpha value is -1.99. The van der Waals surface area contributed by atoms with Crippen molar-refractivity contribution in [3.63, 3.8) is 0 Å². The minimum absolute atomic E-state index is 0.0351. The van der Waals surface area contributed by atoms with Crippen molar-refractivity contribution in [2.24, 2.45) is 11.7 Å². The Morgan fingerprint density at radius 2 is 1.86 bits per heavy atom. The van der Waals surface area contributed by atoms with Crippen molar-refractivity contribution >= 4 is 5.91 Å². The summed E-state index contributed by atoms with van der Waals surface area (Å²) in [5.74, 6) is 1.51. The maximum absolute atomic E-state index is 11.4. The summed E-state index contributed by atoms with van der Waals surface area (Å²) in [6.45, 7) is 1.30. The molecule has 7 heteroatoms. The second-order valence-corrected chi connectivity index (χ2v) is 7.86. The van der Waals surface area contributed by atoms with Gasteiger partial charge in [0.05, 0.1) is 26.9 Å². The van der Waals surface area contributed by atoms with Gasteiger partial charge >= 0.3 is 0 Å². The van der Waals surface area contributed by atoms with Crippen LogP contribution in [0.1, 0.15) is 50.1 Å². The summed E-state index contributed by atoms with van der Waals surface area (Å²) in [6, 6.07) is 3.89. The molecule has 0 aromatic heterocycles. The van der Waals surface area contributed by atoms with Crippen LogP contribution in [-0.4, -0.2) is 55.9 Å². The molecule has 1 aromatic rings. The number of aliphatic hydroxyl groups is 1. The maximum Gasteiger partial charge on any atom is 0.218 e. The SMILES string of the molecule is COc1cc(C2C3CCCCC3(O)CCN2CCC(N)=O)cc(OC)c1OC. The molecule has 7 nitrogen and oxygen atoms in total. The summed E-state index contributed by atoms with van der Waals surface area (Å²) in [6.07, 6.45) is 4.93. The van der Waals surface area contributed by atoms with Gasteiger partial charge in [-0.3, -0.25) is 9.69 Å². The number of nitrogens with zero attached hydrogens (tertiary/aromatic N) is 1. The molecule has 156 valence electrons. The van der Waals surface area contributed by atoms with E-state index in [0.717, 1.165) is 44.2 Å². The molecule has 1 aliphatic carbocycles. The van der Waals surface area contributed by atoms with Gasteiger partial charge in [-0.15, -0.1) is 0 Å². The number of carbonyl (C=O) groups excluding carboxylic acids is 1. The van der Waals surface area contributed by atoms with Gasteiger partial charge in [-0.2, -0.15) is 0 Å². The number of benzene rings is 1. The van der Waals surface area contributed by atoms with Crippen LogP contribution in [0, 0.1) is 5.92 Å². The highest BCUT2D eigenvalue weighted by Crippen LogP contribution is 2.51. The Morgan fingerprint density at radius 1 is 1.18 bits per heavy atom. The monoisotopic (exact) mass is 392 g/mol. The smallest absolute Gasteiger partial charge is 0.218 e. The zero-order valence-corrected chi connectivity index (χ0v) is 17.1. The van der Waals surface area contributed by atoms with Crippen molar-refractivity contribution in [1.29, 1.82) is 0 Å². The van der Waals surface area contributed by atoms with E-state index in [1.807, 2.05) is 12.1 Å². The van der Waals surface area contributed by atoms with Crippen LogP contribution in [0.2, 0.25) is 0 Å². The van der Waals surface area contributed by atoms with E-state index in [9.17, 15) is 9.90 Å². The molecule has 0 spiro atoms. The molecule has 1 saturated carbocycles. The van der Waals surface area contributed by atoms with Gasteiger partial charge in [0.25, 0.3) is 0 Å². The van der Waals surface area contributed by atoms with Crippen LogP contribution in [0.25, 0.3) is 0 Å². The highest BCUT2D eigenvalue weighted by molar-refractivity contribution is 5.73. The van der Waals surface area contributed by atoms with Gasteiger partial charge in [-0.1, -0.05) is 12.8 Å². The van der Waals surface area contributed by atoms with Crippen LogP contribution in [0.3, 0.4) is 0 Å². The zero-order chi connectivity index (χ0) is 20.3. The highest BCUT2D eigenvalue weighted by atomic mass is 16.5.